The van der Waals surface area contributed by atoms with Gasteiger partial charge in [-0.2, -0.15) is 0 Å². The lowest BCUT2D eigenvalue weighted by Gasteiger charge is -2.15. The Hall–Kier alpha value is -1.94. The number of aryl methyl sites for hydroxylation is 1. The predicted molar refractivity (Wildman–Crippen MR) is 70.3 cm³/mol. The second kappa shape index (κ2) is 5.14. The second-order valence-corrected chi connectivity index (χ2v) is 4.36. The number of nitrogens with zero attached hydrogens (tertiary/aromatic N) is 1. The maximum absolute atomic E-state index is 12.1. The minimum Gasteiger partial charge on any atom is -0.302 e. The molecule has 1 atom stereocenters. The zero-order chi connectivity index (χ0) is 13.1. The van der Waals surface area contributed by atoms with Crippen LogP contribution in [0.5, 0.6) is 0 Å². The van der Waals surface area contributed by atoms with Crippen molar-refractivity contribution in [3.8, 4) is 0 Å². The summed E-state index contributed by atoms with van der Waals surface area (Å²) in [6, 6.07) is 6.93. The van der Waals surface area contributed by atoms with Crippen molar-refractivity contribution in [1.29, 1.82) is 0 Å². The lowest BCUT2D eigenvalue weighted by Crippen LogP contribution is -2.38. The molecule has 1 fully saturated rings. The SMILES string of the molecule is C=CCNC1CC(=O)N(c2ccc(C)cc2)C1=O. The summed E-state index contributed by atoms with van der Waals surface area (Å²) in [4.78, 5) is 25.2. The fourth-order valence-corrected chi connectivity index (χ4v) is 1.98. The number of nitrogens with one attached hydrogen (secondary N) is 1. The number of hydrogen-bond donors (Lipinski definition) is 1. The van der Waals surface area contributed by atoms with E-state index in [-0.39, 0.29) is 18.2 Å². The van der Waals surface area contributed by atoms with E-state index in [1.807, 2.05) is 19.1 Å². The molecule has 0 saturated carbocycles. The van der Waals surface area contributed by atoms with E-state index >= 15 is 0 Å². The van der Waals surface area contributed by atoms with Crippen molar-refractivity contribution in [2.45, 2.75) is 19.4 Å². The van der Waals surface area contributed by atoms with E-state index in [0.717, 1.165) is 5.56 Å². The molecule has 0 bridgehead atoms. The van der Waals surface area contributed by atoms with E-state index < -0.39 is 6.04 Å². The largest absolute Gasteiger partial charge is 0.302 e. The van der Waals surface area contributed by atoms with Crippen molar-refractivity contribution < 1.29 is 9.59 Å². The average Bonchev–Trinajstić information content (AvgIpc) is 2.63. The molecule has 0 aromatic heterocycles. The van der Waals surface area contributed by atoms with Crippen LogP contribution in [0.4, 0.5) is 5.69 Å². The Labute approximate surface area is 106 Å². The Kier molecular flexibility index (Phi) is 3.58. The summed E-state index contributed by atoms with van der Waals surface area (Å²) >= 11 is 0. The third-order valence-corrected chi connectivity index (χ3v) is 2.95. The lowest BCUT2D eigenvalue weighted by molar-refractivity contribution is -0.121. The fourth-order valence-electron chi connectivity index (χ4n) is 1.98. The van der Waals surface area contributed by atoms with Gasteiger partial charge in [-0.25, -0.2) is 4.90 Å². The molecule has 94 valence electrons. The molecule has 1 N–H and O–H groups in total. The summed E-state index contributed by atoms with van der Waals surface area (Å²) < 4.78 is 0. The van der Waals surface area contributed by atoms with Gasteiger partial charge in [0.15, 0.2) is 0 Å². The number of benzene rings is 1. The molecule has 0 spiro atoms. The molecule has 1 aliphatic rings. The molecular weight excluding hydrogens is 228 g/mol. The number of rotatable bonds is 4. The molecule has 1 heterocycles. The molecule has 4 heteroatoms. The normalized spacial score (nSPS) is 19.4. The van der Waals surface area contributed by atoms with Gasteiger partial charge in [-0.05, 0) is 19.1 Å². The van der Waals surface area contributed by atoms with Crippen LogP contribution in [0.3, 0.4) is 0 Å². The molecular formula is C14H16N2O2. The first-order valence-electron chi connectivity index (χ1n) is 5.91. The molecule has 18 heavy (non-hydrogen) atoms. The third kappa shape index (κ3) is 2.33. The Balaban J connectivity index is 2.18. The highest BCUT2D eigenvalue weighted by Gasteiger charge is 2.38. The monoisotopic (exact) mass is 244 g/mol. The summed E-state index contributed by atoms with van der Waals surface area (Å²) in [6.07, 6.45) is 1.88. The number of amides is 2. The molecule has 1 aliphatic heterocycles. The fraction of sp³-hybridized carbons (Fsp3) is 0.286. The summed E-state index contributed by atoms with van der Waals surface area (Å²) in [5, 5.41) is 2.99. The minimum atomic E-state index is -0.434. The van der Waals surface area contributed by atoms with Gasteiger partial charge in [0.25, 0.3) is 5.91 Å². The van der Waals surface area contributed by atoms with Crippen LogP contribution in [0, 0.1) is 6.92 Å². The molecule has 1 aromatic carbocycles. The van der Waals surface area contributed by atoms with Gasteiger partial charge >= 0.3 is 0 Å². The van der Waals surface area contributed by atoms with E-state index in [9.17, 15) is 9.59 Å². The van der Waals surface area contributed by atoms with Crippen molar-refractivity contribution in [2.24, 2.45) is 0 Å². The predicted octanol–water partition coefficient (Wildman–Crippen LogP) is 1.40. The highest BCUT2D eigenvalue weighted by Crippen LogP contribution is 2.23. The zero-order valence-electron chi connectivity index (χ0n) is 10.3. The van der Waals surface area contributed by atoms with Crippen LogP contribution < -0.4 is 10.2 Å². The van der Waals surface area contributed by atoms with Gasteiger partial charge in [0.2, 0.25) is 5.91 Å². The van der Waals surface area contributed by atoms with Gasteiger partial charge in [0, 0.05) is 6.54 Å². The zero-order valence-corrected chi connectivity index (χ0v) is 10.3. The topological polar surface area (TPSA) is 49.4 Å². The van der Waals surface area contributed by atoms with Crippen molar-refractivity contribution >= 4 is 17.5 Å². The lowest BCUT2D eigenvalue weighted by atomic mass is 10.2. The van der Waals surface area contributed by atoms with Gasteiger partial charge in [-0.3, -0.25) is 9.59 Å². The summed E-state index contributed by atoms with van der Waals surface area (Å²) in [5.41, 5.74) is 1.73. The number of carbonyl (C=O) groups excluding carboxylic acids is 2. The van der Waals surface area contributed by atoms with E-state index in [4.69, 9.17) is 0 Å². The highest BCUT2D eigenvalue weighted by molar-refractivity contribution is 6.22. The Bertz CT molecular complexity index is 479. The van der Waals surface area contributed by atoms with Crippen LogP contribution in [0.1, 0.15) is 12.0 Å². The summed E-state index contributed by atoms with van der Waals surface area (Å²) in [5.74, 6) is -0.351. The highest BCUT2D eigenvalue weighted by atomic mass is 16.2. The minimum absolute atomic E-state index is 0.162. The Morgan fingerprint density at radius 3 is 2.67 bits per heavy atom. The third-order valence-electron chi connectivity index (χ3n) is 2.95. The second-order valence-electron chi connectivity index (χ2n) is 4.36. The van der Waals surface area contributed by atoms with Gasteiger partial charge in [-0.1, -0.05) is 23.8 Å². The van der Waals surface area contributed by atoms with Gasteiger partial charge in [-0.15, -0.1) is 6.58 Å². The standard InChI is InChI=1S/C14H16N2O2/c1-3-8-15-12-9-13(17)16(14(12)18)11-6-4-10(2)5-7-11/h3-7,12,15H,1,8-9H2,2H3. The quantitative estimate of drug-likeness (QED) is 0.643. The number of anilines is 1. The van der Waals surface area contributed by atoms with Crippen molar-refractivity contribution in [2.75, 3.05) is 11.4 Å². The smallest absolute Gasteiger partial charge is 0.251 e. The molecule has 1 unspecified atom stereocenters. The first-order chi connectivity index (χ1) is 8.63. The molecule has 0 radical (unpaired) electrons. The van der Waals surface area contributed by atoms with E-state index in [1.165, 1.54) is 4.90 Å². The maximum atomic E-state index is 12.1. The summed E-state index contributed by atoms with van der Waals surface area (Å²) in [6.45, 7) is 6.06. The van der Waals surface area contributed by atoms with Crippen LogP contribution in [-0.2, 0) is 9.59 Å². The molecule has 2 amide bonds. The number of carbonyl (C=O) groups is 2. The van der Waals surface area contributed by atoms with Crippen LogP contribution in [0.2, 0.25) is 0 Å². The molecule has 4 nitrogen and oxygen atoms in total. The van der Waals surface area contributed by atoms with E-state index in [1.54, 1.807) is 18.2 Å². The Morgan fingerprint density at radius 2 is 2.06 bits per heavy atom. The van der Waals surface area contributed by atoms with Crippen LogP contribution in [0.15, 0.2) is 36.9 Å². The van der Waals surface area contributed by atoms with Crippen molar-refractivity contribution in [3.63, 3.8) is 0 Å². The van der Waals surface area contributed by atoms with Gasteiger partial charge < -0.3 is 5.32 Å². The van der Waals surface area contributed by atoms with Gasteiger partial charge in [0.05, 0.1) is 18.2 Å². The first-order valence-corrected chi connectivity index (χ1v) is 5.91. The van der Waals surface area contributed by atoms with E-state index in [2.05, 4.69) is 11.9 Å². The maximum Gasteiger partial charge on any atom is 0.251 e. The number of hydrogen-bond acceptors (Lipinski definition) is 3. The van der Waals surface area contributed by atoms with Crippen LogP contribution >= 0.6 is 0 Å². The Morgan fingerprint density at radius 1 is 1.39 bits per heavy atom. The van der Waals surface area contributed by atoms with Crippen LogP contribution in [-0.4, -0.2) is 24.4 Å². The van der Waals surface area contributed by atoms with Crippen molar-refractivity contribution in [1.82, 2.24) is 5.32 Å². The summed E-state index contributed by atoms with van der Waals surface area (Å²) in [7, 11) is 0. The first kappa shape index (κ1) is 12.5. The van der Waals surface area contributed by atoms with Crippen LogP contribution in [0.25, 0.3) is 0 Å². The molecule has 2 rings (SSSR count). The van der Waals surface area contributed by atoms with E-state index in [0.29, 0.717) is 12.2 Å². The molecule has 1 saturated heterocycles. The molecule has 0 aliphatic carbocycles. The molecule has 1 aromatic rings. The average molecular weight is 244 g/mol. The number of imide groups is 1. The van der Waals surface area contributed by atoms with Gasteiger partial charge in [0.1, 0.15) is 0 Å². The van der Waals surface area contributed by atoms with Crippen molar-refractivity contribution in [3.05, 3.63) is 42.5 Å².